The van der Waals surface area contributed by atoms with Crippen LogP contribution in [0, 0.1) is 0 Å². The Balaban J connectivity index is 1.40. The molecule has 0 radical (unpaired) electrons. The zero-order chi connectivity index (χ0) is 19.8. The van der Waals surface area contributed by atoms with Crippen molar-refractivity contribution in [3.63, 3.8) is 0 Å². The van der Waals surface area contributed by atoms with E-state index in [0.29, 0.717) is 17.9 Å². The number of carbonyl (C=O) groups excluding carboxylic acids is 1. The summed E-state index contributed by atoms with van der Waals surface area (Å²) < 4.78 is 13.1. The first-order chi connectivity index (χ1) is 14.2. The summed E-state index contributed by atoms with van der Waals surface area (Å²) in [5, 5.41) is 5.79. The molecular formula is C22H17N3O3S. The maximum Gasteiger partial charge on any atom is 0.291 e. The van der Waals surface area contributed by atoms with E-state index in [1.807, 2.05) is 70.7 Å². The number of amides is 1. The second-order valence-corrected chi connectivity index (χ2v) is 7.46. The van der Waals surface area contributed by atoms with Gasteiger partial charge in [0.05, 0.1) is 12.3 Å². The van der Waals surface area contributed by atoms with Crippen molar-refractivity contribution in [2.45, 2.75) is 6.61 Å². The van der Waals surface area contributed by atoms with Crippen molar-refractivity contribution in [1.29, 1.82) is 0 Å². The van der Waals surface area contributed by atoms with Crippen LogP contribution in [0.5, 0.6) is 0 Å². The monoisotopic (exact) mass is 403 g/mol. The Morgan fingerprint density at radius 3 is 2.83 bits per heavy atom. The highest BCUT2D eigenvalue weighted by Gasteiger charge is 2.20. The van der Waals surface area contributed by atoms with Gasteiger partial charge in [-0.3, -0.25) is 9.20 Å². The summed E-state index contributed by atoms with van der Waals surface area (Å²) in [6, 6.07) is 15.2. The molecule has 0 unspecified atom stereocenters. The van der Waals surface area contributed by atoms with E-state index in [2.05, 4.69) is 10.3 Å². The van der Waals surface area contributed by atoms with E-state index in [-0.39, 0.29) is 11.7 Å². The summed E-state index contributed by atoms with van der Waals surface area (Å²) in [6.45, 7) is 0.302. The number of anilines is 1. The number of benzene rings is 2. The van der Waals surface area contributed by atoms with Gasteiger partial charge in [0.2, 0.25) is 0 Å². The number of carbonyl (C=O) groups is 1. The van der Waals surface area contributed by atoms with Crippen LogP contribution >= 0.6 is 11.3 Å². The molecule has 29 heavy (non-hydrogen) atoms. The van der Waals surface area contributed by atoms with Gasteiger partial charge >= 0.3 is 0 Å². The maximum absolute atomic E-state index is 12.8. The molecule has 0 bridgehead atoms. The molecule has 0 aliphatic rings. The molecule has 0 fully saturated rings. The lowest BCUT2D eigenvalue weighted by Gasteiger charge is -2.06. The predicted octanol–water partition coefficient (Wildman–Crippen LogP) is 5.21. The molecule has 1 amide bonds. The normalized spacial score (nSPS) is 11.3. The highest BCUT2D eigenvalue weighted by molar-refractivity contribution is 7.15. The van der Waals surface area contributed by atoms with Gasteiger partial charge in [-0.1, -0.05) is 30.3 Å². The van der Waals surface area contributed by atoms with Crippen molar-refractivity contribution in [2.75, 3.05) is 12.4 Å². The number of furan rings is 1. The number of methoxy groups -OCH3 is 1. The Morgan fingerprint density at radius 2 is 2.03 bits per heavy atom. The minimum Gasteiger partial charge on any atom is -0.451 e. The zero-order valence-corrected chi connectivity index (χ0v) is 16.4. The Labute approximate surface area is 170 Å². The van der Waals surface area contributed by atoms with E-state index in [4.69, 9.17) is 9.15 Å². The number of fused-ring (bicyclic) bond motifs is 2. The summed E-state index contributed by atoms with van der Waals surface area (Å²) in [4.78, 5) is 18.4. The number of nitrogens with zero attached hydrogens (tertiary/aromatic N) is 2. The van der Waals surface area contributed by atoms with Gasteiger partial charge in [-0.15, -0.1) is 11.3 Å². The van der Waals surface area contributed by atoms with Crippen LogP contribution in [0.15, 0.2) is 70.7 Å². The van der Waals surface area contributed by atoms with Crippen molar-refractivity contribution >= 4 is 38.9 Å². The number of ether oxygens (including phenoxy) is 1. The van der Waals surface area contributed by atoms with Crippen LogP contribution in [0.2, 0.25) is 0 Å². The van der Waals surface area contributed by atoms with E-state index >= 15 is 0 Å². The van der Waals surface area contributed by atoms with Crippen molar-refractivity contribution in [3.8, 4) is 11.3 Å². The van der Waals surface area contributed by atoms with Crippen molar-refractivity contribution in [3.05, 3.63) is 77.6 Å². The molecule has 0 aliphatic heterocycles. The largest absolute Gasteiger partial charge is 0.451 e. The van der Waals surface area contributed by atoms with Gasteiger partial charge in [0.15, 0.2) is 10.7 Å². The fourth-order valence-electron chi connectivity index (χ4n) is 3.35. The Bertz CT molecular complexity index is 1290. The van der Waals surface area contributed by atoms with E-state index < -0.39 is 0 Å². The third-order valence-corrected chi connectivity index (χ3v) is 5.50. The van der Waals surface area contributed by atoms with Gasteiger partial charge in [0.1, 0.15) is 5.58 Å². The van der Waals surface area contributed by atoms with Gasteiger partial charge < -0.3 is 14.5 Å². The molecule has 2 aromatic carbocycles. The van der Waals surface area contributed by atoms with Crippen LogP contribution in [0.4, 0.5) is 5.69 Å². The minimum atomic E-state index is -0.302. The molecule has 144 valence electrons. The van der Waals surface area contributed by atoms with Crippen LogP contribution < -0.4 is 5.32 Å². The SMILES string of the molecule is COCc1c(C(=O)Nc2ccc(-c3cn4ccsc4n3)cc2)oc2ccccc12. The van der Waals surface area contributed by atoms with E-state index in [1.54, 1.807) is 18.4 Å². The Morgan fingerprint density at radius 1 is 1.21 bits per heavy atom. The topological polar surface area (TPSA) is 68.8 Å². The first-order valence-electron chi connectivity index (χ1n) is 9.06. The number of aromatic nitrogens is 2. The molecule has 5 aromatic rings. The smallest absolute Gasteiger partial charge is 0.291 e. The maximum atomic E-state index is 12.8. The number of thiazole rings is 1. The number of rotatable bonds is 5. The van der Waals surface area contributed by atoms with Crippen LogP contribution in [0.1, 0.15) is 16.1 Å². The average Bonchev–Trinajstić information content (AvgIpc) is 3.42. The molecule has 7 heteroatoms. The lowest BCUT2D eigenvalue weighted by Crippen LogP contribution is -2.13. The lowest BCUT2D eigenvalue weighted by atomic mass is 10.1. The molecule has 0 saturated heterocycles. The molecule has 0 spiro atoms. The van der Waals surface area contributed by atoms with Crippen molar-refractivity contribution in [2.24, 2.45) is 0 Å². The van der Waals surface area contributed by atoms with Gasteiger partial charge in [0, 0.05) is 47.1 Å². The first kappa shape index (κ1) is 17.7. The summed E-state index contributed by atoms with van der Waals surface area (Å²) in [6.07, 6.45) is 3.97. The zero-order valence-electron chi connectivity index (χ0n) is 15.6. The summed E-state index contributed by atoms with van der Waals surface area (Å²) in [5.74, 6) is -0.0324. The summed E-state index contributed by atoms with van der Waals surface area (Å²) in [7, 11) is 1.60. The van der Waals surface area contributed by atoms with Gasteiger partial charge in [-0.05, 0) is 18.2 Å². The number of para-hydroxylation sites is 1. The number of imidazole rings is 1. The highest BCUT2D eigenvalue weighted by Crippen LogP contribution is 2.28. The summed E-state index contributed by atoms with van der Waals surface area (Å²) in [5.41, 5.74) is 3.98. The second-order valence-electron chi connectivity index (χ2n) is 6.59. The van der Waals surface area contributed by atoms with E-state index in [9.17, 15) is 4.79 Å². The molecule has 3 heterocycles. The molecule has 5 rings (SSSR count). The number of nitrogens with one attached hydrogen (secondary N) is 1. The third-order valence-electron chi connectivity index (χ3n) is 4.72. The van der Waals surface area contributed by atoms with Gasteiger partial charge in [-0.25, -0.2) is 4.98 Å². The van der Waals surface area contributed by atoms with Crippen LogP contribution in [0.25, 0.3) is 27.2 Å². The van der Waals surface area contributed by atoms with Crippen LogP contribution in [0.3, 0.4) is 0 Å². The Hall–Kier alpha value is -3.42. The van der Waals surface area contributed by atoms with Crippen LogP contribution in [-0.4, -0.2) is 22.4 Å². The fraction of sp³-hybridized carbons (Fsp3) is 0.0909. The molecule has 1 N–H and O–H groups in total. The third kappa shape index (κ3) is 3.20. The summed E-state index contributed by atoms with van der Waals surface area (Å²) >= 11 is 1.59. The number of hydrogen-bond donors (Lipinski definition) is 1. The fourth-order valence-corrected chi connectivity index (χ4v) is 4.05. The molecule has 0 atom stereocenters. The van der Waals surface area contributed by atoms with E-state index in [1.165, 1.54) is 0 Å². The Kier molecular flexibility index (Phi) is 4.38. The molecule has 3 aromatic heterocycles. The lowest BCUT2D eigenvalue weighted by molar-refractivity contribution is 0.0992. The quantitative estimate of drug-likeness (QED) is 0.437. The van der Waals surface area contributed by atoms with Crippen molar-refractivity contribution in [1.82, 2.24) is 9.38 Å². The number of hydrogen-bond acceptors (Lipinski definition) is 5. The standard InChI is InChI=1S/C22H17N3O3S/c1-27-13-17-16-4-2-3-5-19(16)28-20(17)21(26)23-15-8-6-14(7-9-15)18-12-25-10-11-29-22(25)24-18/h2-12H,13H2,1H3,(H,23,26). The highest BCUT2D eigenvalue weighted by atomic mass is 32.1. The predicted molar refractivity (Wildman–Crippen MR) is 113 cm³/mol. The minimum absolute atomic E-state index is 0.270. The molecular weight excluding hydrogens is 386 g/mol. The second kappa shape index (κ2) is 7.20. The van der Waals surface area contributed by atoms with Gasteiger partial charge in [0.25, 0.3) is 5.91 Å². The van der Waals surface area contributed by atoms with Gasteiger partial charge in [-0.2, -0.15) is 0 Å². The van der Waals surface area contributed by atoms with Crippen LogP contribution in [-0.2, 0) is 11.3 Å². The molecule has 0 aliphatic carbocycles. The first-order valence-corrected chi connectivity index (χ1v) is 9.94. The molecule has 6 nitrogen and oxygen atoms in total. The molecule has 0 saturated carbocycles. The van der Waals surface area contributed by atoms with E-state index in [0.717, 1.165) is 27.2 Å². The van der Waals surface area contributed by atoms with Crippen molar-refractivity contribution < 1.29 is 13.9 Å². The average molecular weight is 403 g/mol.